The smallest absolute Gasteiger partial charge is 0.330 e. The number of hydrogen-bond donors (Lipinski definition) is 3. The molecule has 3 aliphatic carbocycles. The zero-order chi connectivity index (χ0) is 23.0. The number of aliphatic hydroxyl groups is 1. The fourth-order valence-electron chi connectivity index (χ4n) is 7.07. The van der Waals surface area contributed by atoms with Gasteiger partial charge in [-0.2, -0.15) is 0 Å². The van der Waals surface area contributed by atoms with Crippen LogP contribution in [-0.2, 0) is 26.2 Å². The maximum atomic E-state index is 12.6. The van der Waals surface area contributed by atoms with Crippen molar-refractivity contribution in [2.24, 2.45) is 5.92 Å². The van der Waals surface area contributed by atoms with Gasteiger partial charge in [-0.1, -0.05) is 6.07 Å². The summed E-state index contributed by atoms with van der Waals surface area (Å²) in [5, 5.41) is 26.0. The maximum Gasteiger partial charge on any atom is 0.330 e. The number of phenolic OH excluding ortho intramolecular Hbond substituents is 1. The first kappa shape index (κ1) is 21.0. The zero-order valence-corrected chi connectivity index (χ0v) is 18.8. The Balaban J connectivity index is 1.38. The molecule has 1 aromatic rings. The summed E-state index contributed by atoms with van der Waals surface area (Å²) in [5.41, 5.74) is 0.390. The van der Waals surface area contributed by atoms with Crippen molar-refractivity contribution in [3.05, 3.63) is 35.4 Å². The van der Waals surface area contributed by atoms with Crippen molar-refractivity contribution in [1.82, 2.24) is 10.2 Å². The summed E-state index contributed by atoms with van der Waals surface area (Å²) in [6, 6.07) is 3.29. The predicted octanol–water partition coefficient (Wildman–Crippen LogP) is 1.17. The molecule has 1 aromatic carbocycles. The topological polar surface area (TPSA) is 108 Å². The van der Waals surface area contributed by atoms with Crippen molar-refractivity contribution < 1.29 is 29.3 Å². The van der Waals surface area contributed by atoms with Gasteiger partial charge >= 0.3 is 5.97 Å². The lowest BCUT2D eigenvalue weighted by atomic mass is 9.48. The van der Waals surface area contributed by atoms with E-state index in [1.807, 2.05) is 6.07 Å². The molecular formula is C25H30N2O6. The van der Waals surface area contributed by atoms with Crippen LogP contribution in [0.3, 0.4) is 0 Å². The molecule has 8 heteroatoms. The van der Waals surface area contributed by atoms with Crippen LogP contribution in [0.5, 0.6) is 11.5 Å². The van der Waals surface area contributed by atoms with E-state index in [4.69, 9.17) is 4.74 Å². The molecule has 5 aliphatic rings. The van der Waals surface area contributed by atoms with Crippen molar-refractivity contribution >= 4 is 11.9 Å². The largest absolute Gasteiger partial charge is 0.504 e. The molecule has 0 radical (unpaired) electrons. The lowest BCUT2D eigenvalue weighted by molar-refractivity contribution is -0.192. The molecule has 176 valence electrons. The van der Waals surface area contributed by atoms with Gasteiger partial charge in [-0.25, -0.2) is 4.79 Å². The molecule has 2 bridgehead atoms. The maximum absolute atomic E-state index is 12.6. The Morgan fingerprint density at radius 3 is 2.85 bits per heavy atom. The number of nitrogens with one attached hydrogen (secondary N) is 1. The van der Waals surface area contributed by atoms with Crippen molar-refractivity contribution in [3.63, 3.8) is 0 Å². The molecular weight excluding hydrogens is 424 g/mol. The molecule has 2 aliphatic heterocycles. The number of esters is 1. The van der Waals surface area contributed by atoms with Gasteiger partial charge in [0.2, 0.25) is 5.91 Å². The summed E-state index contributed by atoms with van der Waals surface area (Å²) >= 11 is 0. The van der Waals surface area contributed by atoms with E-state index < -0.39 is 29.0 Å². The second-order valence-corrected chi connectivity index (χ2v) is 10.3. The van der Waals surface area contributed by atoms with Crippen LogP contribution >= 0.6 is 0 Å². The number of rotatable bonds is 5. The number of nitrogens with zero attached hydrogens (tertiary/aromatic N) is 1. The average molecular weight is 455 g/mol. The minimum absolute atomic E-state index is 0.00295. The van der Waals surface area contributed by atoms with Gasteiger partial charge in [-0.05, 0) is 62.6 Å². The van der Waals surface area contributed by atoms with Crippen molar-refractivity contribution in [2.45, 2.75) is 67.7 Å². The van der Waals surface area contributed by atoms with Crippen LogP contribution in [0.25, 0.3) is 0 Å². The summed E-state index contributed by atoms with van der Waals surface area (Å²) in [7, 11) is 1.26. The number of likely N-dealkylation sites (tertiary alicyclic amines) is 1. The van der Waals surface area contributed by atoms with Gasteiger partial charge in [0.1, 0.15) is 6.10 Å². The second-order valence-electron chi connectivity index (χ2n) is 10.3. The molecule has 6 rings (SSSR count). The van der Waals surface area contributed by atoms with E-state index in [1.165, 1.54) is 20.0 Å². The van der Waals surface area contributed by atoms with Gasteiger partial charge in [-0.15, -0.1) is 0 Å². The quantitative estimate of drug-likeness (QED) is 0.453. The number of carbonyl (C=O) groups excluding carboxylic acids is 2. The summed E-state index contributed by atoms with van der Waals surface area (Å²) < 4.78 is 11.0. The number of amides is 1. The Bertz CT molecular complexity index is 1050. The van der Waals surface area contributed by atoms with Gasteiger partial charge in [0.05, 0.1) is 24.2 Å². The lowest BCUT2D eigenvalue weighted by Gasteiger charge is -2.64. The van der Waals surface area contributed by atoms with Crippen molar-refractivity contribution in [3.8, 4) is 11.5 Å². The molecule has 0 aromatic heterocycles. The van der Waals surface area contributed by atoms with Crippen LogP contribution < -0.4 is 10.1 Å². The molecule has 1 saturated heterocycles. The Kier molecular flexibility index (Phi) is 4.58. The van der Waals surface area contributed by atoms with Gasteiger partial charge in [0, 0.05) is 30.3 Å². The molecule has 1 spiro atoms. The minimum atomic E-state index is -0.986. The monoisotopic (exact) mass is 454 g/mol. The third kappa shape index (κ3) is 2.89. The summed E-state index contributed by atoms with van der Waals surface area (Å²) in [5.74, 6) is 0.256. The summed E-state index contributed by atoms with van der Waals surface area (Å²) in [4.78, 5) is 26.4. The normalized spacial score (nSPS) is 36.2. The summed E-state index contributed by atoms with van der Waals surface area (Å²) in [6.45, 7) is 1.88. The number of ether oxygens (including phenoxy) is 2. The number of carbonyl (C=O) groups is 2. The Morgan fingerprint density at radius 2 is 2.09 bits per heavy atom. The van der Waals surface area contributed by atoms with Crippen LogP contribution in [0.2, 0.25) is 0 Å². The summed E-state index contributed by atoms with van der Waals surface area (Å²) in [6.07, 6.45) is 6.84. The van der Waals surface area contributed by atoms with E-state index in [-0.39, 0.29) is 17.8 Å². The average Bonchev–Trinajstić information content (AvgIpc) is 3.54. The van der Waals surface area contributed by atoms with Gasteiger partial charge in [0.25, 0.3) is 0 Å². The third-order valence-electron chi connectivity index (χ3n) is 8.66. The number of aromatic hydroxyl groups is 1. The van der Waals surface area contributed by atoms with Crippen LogP contribution in [0.4, 0.5) is 0 Å². The van der Waals surface area contributed by atoms with E-state index in [0.29, 0.717) is 25.0 Å². The predicted molar refractivity (Wildman–Crippen MR) is 118 cm³/mol. The van der Waals surface area contributed by atoms with E-state index in [9.17, 15) is 19.8 Å². The van der Waals surface area contributed by atoms with E-state index >= 15 is 0 Å². The molecule has 3 fully saturated rings. The number of piperidine rings is 1. The highest BCUT2D eigenvalue weighted by molar-refractivity contribution is 5.94. The van der Waals surface area contributed by atoms with E-state index in [0.717, 1.165) is 48.7 Å². The molecule has 2 heterocycles. The van der Waals surface area contributed by atoms with Gasteiger partial charge in [0.15, 0.2) is 11.5 Å². The molecule has 2 unspecified atom stereocenters. The SMILES string of the molecule is COC(=O)/C=C/C(=O)N[C@@H]1CC[C@@]2(O)C3Cc4ccc(O)c5c4[C@@]2(CCN3CC2CC2)C1O5. The van der Waals surface area contributed by atoms with Crippen LogP contribution in [0.1, 0.15) is 43.2 Å². The molecule has 2 saturated carbocycles. The first-order chi connectivity index (χ1) is 15.9. The fraction of sp³-hybridized carbons (Fsp3) is 0.600. The molecule has 5 atom stereocenters. The number of benzene rings is 1. The van der Waals surface area contributed by atoms with E-state index in [1.54, 1.807) is 6.07 Å². The first-order valence-corrected chi connectivity index (χ1v) is 11.9. The fourth-order valence-corrected chi connectivity index (χ4v) is 7.07. The molecule has 1 amide bonds. The number of hydrogen-bond acceptors (Lipinski definition) is 7. The highest BCUT2D eigenvalue weighted by atomic mass is 16.5. The number of phenols is 1. The van der Waals surface area contributed by atoms with Gasteiger partial charge < -0.3 is 25.0 Å². The van der Waals surface area contributed by atoms with Crippen molar-refractivity contribution in [2.75, 3.05) is 20.2 Å². The molecule has 33 heavy (non-hydrogen) atoms. The third-order valence-corrected chi connectivity index (χ3v) is 8.66. The van der Waals surface area contributed by atoms with Crippen LogP contribution in [0.15, 0.2) is 24.3 Å². The second kappa shape index (κ2) is 7.21. The first-order valence-electron chi connectivity index (χ1n) is 11.9. The van der Waals surface area contributed by atoms with Gasteiger partial charge in [-0.3, -0.25) is 9.69 Å². The lowest BCUT2D eigenvalue weighted by Crippen LogP contribution is -2.78. The Hall–Kier alpha value is -2.58. The minimum Gasteiger partial charge on any atom is -0.504 e. The highest BCUT2D eigenvalue weighted by Crippen LogP contribution is 2.65. The van der Waals surface area contributed by atoms with Crippen LogP contribution in [0, 0.1) is 5.92 Å². The zero-order valence-electron chi connectivity index (χ0n) is 18.8. The highest BCUT2D eigenvalue weighted by Gasteiger charge is 2.73. The standard InChI is InChI=1S/C25H30N2O6/c1-32-20(30)7-6-19(29)26-16-8-9-25(31)18-12-15-4-5-17(28)22-21(15)24(25,23(16)33-22)10-11-27(18)13-14-2-3-14/h4-7,14,16,18,23,28,31H,2-3,8-13H2,1H3,(H,26,29)/b7-6+/t16-,18?,23?,24+,25-/m1/s1. The molecule has 8 nitrogen and oxygen atoms in total. The van der Waals surface area contributed by atoms with Crippen molar-refractivity contribution in [1.29, 1.82) is 0 Å². The van der Waals surface area contributed by atoms with E-state index in [2.05, 4.69) is 15.0 Å². The Labute approximate surface area is 192 Å². The van der Waals surface area contributed by atoms with Crippen LogP contribution in [-0.4, -0.2) is 71.0 Å². The Morgan fingerprint density at radius 1 is 1.27 bits per heavy atom. The number of methoxy groups -OCH3 is 1. The molecule has 3 N–H and O–H groups in total.